The minimum Gasteiger partial charge on any atom is -0.391 e. The maximum atomic E-state index is 9.65. The van der Waals surface area contributed by atoms with Gasteiger partial charge in [-0.1, -0.05) is 24.3 Å². The zero-order valence-corrected chi connectivity index (χ0v) is 7.12. The van der Waals surface area contributed by atoms with Crippen molar-refractivity contribution >= 4 is 0 Å². The van der Waals surface area contributed by atoms with Crippen molar-refractivity contribution in [3.63, 3.8) is 0 Å². The highest BCUT2D eigenvalue weighted by Crippen LogP contribution is 2.34. The molecule has 0 radical (unpaired) electrons. The van der Waals surface area contributed by atoms with E-state index in [1.807, 2.05) is 31.2 Å². The van der Waals surface area contributed by atoms with E-state index in [9.17, 15) is 5.11 Å². The molecule has 0 heterocycles. The van der Waals surface area contributed by atoms with E-state index >= 15 is 0 Å². The van der Waals surface area contributed by atoms with Gasteiger partial charge in [0.25, 0.3) is 0 Å². The molecule has 3 N–H and O–H groups in total. The lowest BCUT2D eigenvalue weighted by molar-refractivity contribution is 0.109. The van der Waals surface area contributed by atoms with Crippen LogP contribution in [0, 0.1) is 0 Å². The van der Waals surface area contributed by atoms with Crippen LogP contribution in [0.15, 0.2) is 24.3 Å². The highest BCUT2D eigenvalue weighted by atomic mass is 16.3. The van der Waals surface area contributed by atoms with Crippen molar-refractivity contribution < 1.29 is 5.11 Å². The van der Waals surface area contributed by atoms with Gasteiger partial charge in [0.15, 0.2) is 0 Å². The van der Waals surface area contributed by atoms with Crippen LogP contribution in [0.5, 0.6) is 0 Å². The van der Waals surface area contributed by atoms with E-state index in [2.05, 4.69) is 0 Å². The maximum absolute atomic E-state index is 9.65. The molecule has 2 nitrogen and oxygen atoms in total. The van der Waals surface area contributed by atoms with Crippen molar-refractivity contribution in [1.29, 1.82) is 0 Å². The van der Waals surface area contributed by atoms with Gasteiger partial charge in [0.2, 0.25) is 0 Å². The molecular formula is C10H13NO. The molecule has 1 aromatic carbocycles. The first-order valence-corrected chi connectivity index (χ1v) is 4.17. The first-order valence-electron chi connectivity index (χ1n) is 4.17. The molecule has 0 aromatic heterocycles. The summed E-state index contributed by atoms with van der Waals surface area (Å²) < 4.78 is 0. The van der Waals surface area contributed by atoms with Crippen LogP contribution in [-0.4, -0.2) is 11.2 Å². The van der Waals surface area contributed by atoms with Crippen LogP contribution in [-0.2, 0) is 12.0 Å². The first kappa shape index (κ1) is 7.77. The molecule has 0 fully saturated rings. The summed E-state index contributed by atoms with van der Waals surface area (Å²) in [5, 5.41) is 9.65. The molecule has 2 rings (SSSR count). The van der Waals surface area contributed by atoms with E-state index in [1.165, 1.54) is 5.56 Å². The van der Waals surface area contributed by atoms with Gasteiger partial charge in [-0.15, -0.1) is 0 Å². The first-order chi connectivity index (χ1) is 5.62. The van der Waals surface area contributed by atoms with E-state index in [1.54, 1.807) is 0 Å². The Labute approximate surface area is 72.0 Å². The molecule has 64 valence electrons. The molecule has 0 spiro atoms. The largest absolute Gasteiger partial charge is 0.391 e. The minimum absolute atomic E-state index is 0.435. The Hall–Kier alpha value is -0.860. The van der Waals surface area contributed by atoms with E-state index in [0.717, 1.165) is 5.56 Å². The summed E-state index contributed by atoms with van der Waals surface area (Å²) in [5.74, 6) is 0. The fourth-order valence-electron chi connectivity index (χ4n) is 1.82. The molecule has 1 aliphatic carbocycles. The Morgan fingerprint density at radius 2 is 2.17 bits per heavy atom. The molecule has 0 bridgehead atoms. The summed E-state index contributed by atoms with van der Waals surface area (Å²) in [5.41, 5.74) is 7.68. The topological polar surface area (TPSA) is 46.2 Å². The Kier molecular flexibility index (Phi) is 1.50. The normalized spacial score (nSPS) is 33.4. The van der Waals surface area contributed by atoms with Gasteiger partial charge in [-0.05, 0) is 18.1 Å². The zero-order valence-electron chi connectivity index (χ0n) is 7.12. The monoisotopic (exact) mass is 163 g/mol. The Morgan fingerprint density at radius 1 is 1.50 bits per heavy atom. The van der Waals surface area contributed by atoms with Crippen molar-refractivity contribution in [2.75, 3.05) is 0 Å². The van der Waals surface area contributed by atoms with Crippen LogP contribution in [0.25, 0.3) is 0 Å². The predicted octanol–water partition coefficient (Wildman–Crippen LogP) is 0.778. The van der Waals surface area contributed by atoms with E-state index in [4.69, 9.17) is 5.73 Å². The molecular weight excluding hydrogens is 150 g/mol. The number of benzene rings is 1. The summed E-state index contributed by atoms with van der Waals surface area (Å²) in [4.78, 5) is 0. The Morgan fingerprint density at radius 3 is 2.83 bits per heavy atom. The summed E-state index contributed by atoms with van der Waals surface area (Å²) in [6.45, 7) is 1.88. The molecule has 0 aliphatic heterocycles. The van der Waals surface area contributed by atoms with Crippen LogP contribution in [0.3, 0.4) is 0 Å². The molecule has 0 saturated heterocycles. The number of aliphatic hydroxyl groups excluding tert-OH is 1. The summed E-state index contributed by atoms with van der Waals surface area (Å²) >= 11 is 0. The van der Waals surface area contributed by atoms with Gasteiger partial charge in [0.05, 0.1) is 11.6 Å². The van der Waals surface area contributed by atoms with E-state index in [-0.39, 0.29) is 0 Å². The molecule has 2 heteroatoms. The van der Waals surface area contributed by atoms with E-state index in [0.29, 0.717) is 6.42 Å². The summed E-state index contributed by atoms with van der Waals surface area (Å²) in [6, 6.07) is 7.96. The van der Waals surface area contributed by atoms with Gasteiger partial charge in [0, 0.05) is 6.42 Å². The van der Waals surface area contributed by atoms with Crippen molar-refractivity contribution in [2.45, 2.75) is 25.0 Å². The predicted molar refractivity (Wildman–Crippen MR) is 47.7 cm³/mol. The summed E-state index contributed by atoms with van der Waals surface area (Å²) in [7, 11) is 0. The van der Waals surface area contributed by atoms with Crippen LogP contribution < -0.4 is 5.73 Å². The van der Waals surface area contributed by atoms with Crippen LogP contribution in [0.4, 0.5) is 0 Å². The number of hydrogen-bond donors (Lipinski definition) is 2. The van der Waals surface area contributed by atoms with Crippen LogP contribution >= 0.6 is 0 Å². The smallest absolute Gasteiger partial charge is 0.0799 e. The Balaban J connectivity index is 2.55. The molecule has 1 unspecified atom stereocenters. The molecule has 2 atom stereocenters. The SMILES string of the molecule is C[C@@]1(N)c2ccccc2CC1O. The fourth-order valence-corrected chi connectivity index (χ4v) is 1.82. The van der Waals surface area contributed by atoms with Gasteiger partial charge in [-0.25, -0.2) is 0 Å². The average Bonchev–Trinajstić information content (AvgIpc) is 2.25. The molecule has 1 aromatic rings. The third kappa shape index (κ3) is 0.886. The minimum atomic E-state index is -0.559. The second-order valence-corrected chi connectivity index (χ2v) is 3.66. The number of hydrogen-bond acceptors (Lipinski definition) is 2. The lowest BCUT2D eigenvalue weighted by Crippen LogP contribution is -2.41. The van der Waals surface area contributed by atoms with Crippen molar-refractivity contribution in [3.05, 3.63) is 35.4 Å². The van der Waals surface area contributed by atoms with Gasteiger partial charge in [-0.2, -0.15) is 0 Å². The van der Waals surface area contributed by atoms with Gasteiger partial charge < -0.3 is 10.8 Å². The van der Waals surface area contributed by atoms with Crippen LogP contribution in [0.2, 0.25) is 0 Å². The number of fused-ring (bicyclic) bond motifs is 1. The molecule has 1 aliphatic rings. The average molecular weight is 163 g/mol. The highest BCUT2D eigenvalue weighted by Gasteiger charge is 2.38. The van der Waals surface area contributed by atoms with E-state index < -0.39 is 11.6 Å². The third-order valence-corrected chi connectivity index (χ3v) is 2.70. The fraction of sp³-hybridized carbons (Fsp3) is 0.400. The lowest BCUT2D eigenvalue weighted by Gasteiger charge is -2.23. The van der Waals surface area contributed by atoms with Gasteiger partial charge in [0.1, 0.15) is 0 Å². The quantitative estimate of drug-likeness (QED) is 0.593. The van der Waals surface area contributed by atoms with Crippen molar-refractivity contribution in [3.8, 4) is 0 Å². The second-order valence-electron chi connectivity index (χ2n) is 3.66. The Bertz CT molecular complexity index is 306. The number of aliphatic hydroxyl groups is 1. The standard InChI is InChI=1S/C10H13NO/c1-10(11)8-5-3-2-4-7(8)6-9(10)12/h2-5,9,12H,6,11H2,1H3/t9?,10-/m1/s1. The van der Waals surface area contributed by atoms with Gasteiger partial charge in [-0.3, -0.25) is 0 Å². The molecule has 12 heavy (non-hydrogen) atoms. The highest BCUT2D eigenvalue weighted by molar-refractivity contribution is 5.39. The van der Waals surface area contributed by atoms with Crippen LogP contribution in [0.1, 0.15) is 18.1 Å². The second kappa shape index (κ2) is 2.31. The summed E-state index contributed by atoms with van der Waals surface area (Å²) in [6.07, 6.45) is 0.248. The van der Waals surface area contributed by atoms with Crippen molar-refractivity contribution in [2.24, 2.45) is 5.73 Å². The number of nitrogens with two attached hydrogens (primary N) is 1. The zero-order chi connectivity index (χ0) is 8.77. The van der Waals surface area contributed by atoms with Gasteiger partial charge >= 0.3 is 0 Å². The maximum Gasteiger partial charge on any atom is 0.0799 e. The molecule has 0 saturated carbocycles. The number of rotatable bonds is 0. The lowest BCUT2D eigenvalue weighted by atomic mass is 9.94. The van der Waals surface area contributed by atoms with Crippen molar-refractivity contribution in [1.82, 2.24) is 0 Å². The molecule has 0 amide bonds. The third-order valence-electron chi connectivity index (χ3n) is 2.70.